The fraction of sp³-hybridized carbons (Fsp3) is 0.118. The first-order valence-corrected chi connectivity index (χ1v) is 7.58. The van der Waals surface area contributed by atoms with Crippen LogP contribution in [0.5, 0.6) is 11.5 Å². The molecule has 10 heteroatoms. The number of hydrogen-bond acceptors (Lipinski definition) is 5. The second kappa shape index (κ2) is 8.09. The Kier molecular flexibility index (Phi) is 6.06. The van der Waals surface area contributed by atoms with Crippen molar-refractivity contribution in [2.45, 2.75) is 6.18 Å². The van der Waals surface area contributed by atoms with Gasteiger partial charge in [0.15, 0.2) is 0 Å². The predicted molar refractivity (Wildman–Crippen MR) is 90.7 cm³/mol. The SMILES string of the molecule is COC(=O)C=Cc1cc(Oc2ccc(C(F)(F)F)cc2Cl)ccc1[N+](=O)[O-]. The second-order valence-corrected chi connectivity index (χ2v) is 5.49. The number of rotatable bonds is 5. The highest BCUT2D eigenvalue weighted by Gasteiger charge is 2.31. The molecule has 0 amide bonds. The number of halogens is 4. The quantitative estimate of drug-likeness (QED) is 0.296. The third kappa shape index (κ3) is 5.20. The van der Waals surface area contributed by atoms with Gasteiger partial charge in [0, 0.05) is 12.1 Å². The highest BCUT2D eigenvalue weighted by molar-refractivity contribution is 6.32. The Balaban J connectivity index is 2.35. The van der Waals surface area contributed by atoms with Gasteiger partial charge in [0.1, 0.15) is 11.5 Å². The van der Waals surface area contributed by atoms with Crippen molar-refractivity contribution in [1.29, 1.82) is 0 Å². The number of nitro groups is 1. The van der Waals surface area contributed by atoms with Crippen molar-refractivity contribution in [2.75, 3.05) is 7.11 Å². The Hall–Kier alpha value is -3.07. The van der Waals surface area contributed by atoms with Crippen LogP contribution in [0.25, 0.3) is 6.08 Å². The molecule has 0 aromatic heterocycles. The highest BCUT2D eigenvalue weighted by Crippen LogP contribution is 2.37. The van der Waals surface area contributed by atoms with Gasteiger partial charge < -0.3 is 9.47 Å². The smallest absolute Gasteiger partial charge is 0.416 e. The zero-order valence-corrected chi connectivity index (χ0v) is 14.4. The maximum atomic E-state index is 12.7. The molecule has 0 fully saturated rings. The Morgan fingerprint density at radius 3 is 2.48 bits per heavy atom. The Labute approximate surface area is 155 Å². The van der Waals surface area contributed by atoms with Gasteiger partial charge in [-0.05, 0) is 36.4 Å². The van der Waals surface area contributed by atoms with E-state index in [1.807, 2.05) is 0 Å². The molecule has 0 spiro atoms. The molecule has 2 aromatic rings. The van der Waals surface area contributed by atoms with Gasteiger partial charge in [0.2, 0.25) is 0 Å². The van der Waals surface area contributed by atoms with Crippen LogP contribution in [0, 0.1) is 10.1 Å². The van der Waals surface area contributed by atoms with Gasteiger partial charge in [-0.3, -0.25) is 10.1 Å². The van der Waals surface area contributed by atoms with Crippen LogP contribution in [0.1, 0.15) is 11.1 Å². The van der Waals surface area contributed by atoms with E-state index in [0.29, 0.717) is 6.07 Å². The van der Waals surface area contributed by atoms with E-state index in [9.17, 15) is 28.1 Å². The molecule has 0 saturated carbocycles. The molecule has 0 aliphatic heterocycles. The summed E-state index contributed by atoms with van der Waals surface area (Å²) < 4.78 is 47.8. The van der Waals surface area contributed by atoms with Gasteiger partial charge in [-0.15, -0.1) is 0 Å². The van der Waals surface area contributed by atoms with Crippen molar-refractivity contribution in [3.63, 3.8) is 0 Å². The molecule has 0 heterocycles. The number of nitrogens with zero attached hydrogens (tertiary/aromatic N) is 1. The van der Waals surface area contributed by atoms with E-state index in [2.05, 4.69) is 4.74 Å². The summed E-state index contributed by atoms with van der Waals surface area (Å²) in [6.07, 6.45) is -2.41. The highest BCUT2D eigenvalue weighted by atomic mass is 35.5. The third-order valence-electron chi connectivity index (χ3n) is 3.28. The van der Waals surface area contributed by atoms with Crippen LogP contribution >= 0.6 is 11.6 Å². The lowest BCUT2D eigenvalue weighted by Gasteiger charge is -2.11. The predicted octanol–water partition coefficient (Wildman–Crippen LogP) is 5.25. The van der Waals surface area contributed by atoms with Crippen molar-refractivity contribution < 1.29 is 32.4 Å². The number of methoxy groups -OCH3 is 1. The Bertz CT molecular complexity index is 912. The summed E-state index contributed by atoms with van der Waals surface area (Å²) in [4.78, 5) is 21.6. The summed E-state index contributed by atoms with van der Waals surface area (Å²) in [5, 5.41) is 10.8. The van der Waals surface area contributed by atoms with Gasteiger partial charge >= 0.3 is 12.1 Å². The molecule has 6 nitrogen and oxygen atoms in total. The molecule has 0 atom stereocenters. The number of carbonyl (C=O) groups excluding carboxylic acids is 1. The summed E-state index contributed by atoms with van der Waals surface area (Å²) in [6, 6.07) is 6.17. The molecule has 0 bridgehead atoms. The van der Waals surface area contributed by atoms with Crippen LogP contribution < -0.4 is 4.74 Å². The van der Waals surface area contributed by atoms with E-state index in [1.54, 1.807) is 0 Å². The van der Waals surface area contributed by atoms with E-state index in [-0.39, 0.29) is 27.8 Å². The molecular weight excluding hydrogens is 391 g/mol. The summed E-state index contributed by atoms with van der Waals surface area (Å²) >= 11 is 5.82. The Morgan fingerprint density at radius 1 is 1.22 bits per heavy atom. The number of ether oxygens (including phenoxy) is 2. The van der Waals surface area contributed by atoms with Crippen molar-refractivity contribution in [1.82, 2.24) is 0 Å². The topological polar surface area (TPSA) is 78.7 Å². The first kappa shape index (κ1) is 20.2. The maximum absolute atomic E-state index is 12.7. The lowest BCUT2D eigenvalue weighted by molar-refractivity contribution is -0.385. The van der Waals surface area contributed by atoms with Crippen LogP contribution in [0.15, 0.2) is 42.5 Å². The molecule has 0 unspecified atom stereocenters. The lowest BCUT2D eigenvalue weighted by Crippen LogP contribution is -2.04. The lowest BCUT2D eigenvalue weighted by atomic mass is 10.1. The molecule has 0 saturated heterocycles. The standard InChI is InChI=1S/C17H11ClF3NO5/c1-26-16(23)7-2-10-8-12(4-5-14(10)22(24)25)27-15-6-3-11(9-13(15)18)17(19,20)21/h2-9H,1H3. The largest absolute Gasteiger partial charge is 0.466 e. The van der Waals surface area contributed by atoms with Crippen LogP contribution in [0.3, 0.4) is 0 Å². The molecule has 142 valence electrons. The van der Waals surface area contributed by atoms with E-state index < -0.39 is 22.6 Å². The van der Waals surface area contributed by atoms with Gasteiger partial charge in [-0.25, -0.2) is 4.79 Å². The van der Waals surface area contributed by atoms with Crippen molar-refractivity contribution in [3.8, 4) is 11.5 Å². The summed E-state index contributed by atoms with van der Waals surface area (Å²) in [6.45, 7) is 0. The average molecular weight is 402 g/mol. The van der Waals surface area contributed by atoms with Crippen LogP contribution in [0.4, 0.5) is 18.9 Å². The molecule has 0 radical (unpaired) electrons. The first-order chi connectivity index (χ1) is 12.6. The number of benzene rings is 2. The fourth-order valence-corrected chi connectivity index (χ4v) is 2.23. The van der Waals surface area contributed by atoms with E-state index >= 15 is 0 Å². The first-order valence-electron chi connectivity index (χ1n) is 7.21. The molecule has 2 aromatic carbocycles. The fourth-order valence-electron chi connectivity index (χ4n) is 2.01. The van der Waals surface area contributed by atoms with Crippen molar-refractivity contribution in [2.24, 2.45) is 0 Å². The summed E-state index contributed by atoms with van der Waals surface area (Å²) in [5.74, 6) is -0.713. The van der Waals surface area contributed by atoms with Crippen molar-refractivity contribution in [3.05, 3.63) is 68.7 Å². The van der Waals surface area contributed by atoms with Crippen LogP contribution in [-0.2, 0) is 15.7 Å². The maximum Gasteiger partial charge on any atom is 0.416 e. The van der Waals surface area contributed by atoms with Gasteiger partial charge in [0.25, 0.3) is 5.69 Å². The summed E-state index contributed by atoms with van der Waals surface area (Å²) in [5.41, 5.74) is -1.21. The van der Waals surface area contributed by atoms with E-state index in [1.165, 1.54) is 12.1 Å². The monoisotopic (exact) mass is 401 g/mol. The molecule has 27 heavy (non-hydrogen) atoms. The zero-order valence-electron chi connectivity index (χ0n) is 13.6. The van der Waals surface area contributed by atoms with E-state index in [4.69, 9.17) is 16.3 Å². The molecule has 2 rings (SSSR count). The summed E-state index contributed by atoms with van der Waals surface area (Å²) in [7, 11) is 1.15. The average Bonchev–Trinajstić information content (AvgIpc) is 2.60. The second-order valence-electron chi connectivity index (χ2n) is 5.08. The number of hydrogen-bond donors (Lipinski definition) is 0. The van der Waals surface area contributed by atoms with Crippen molar-refractivity contribution >= 4 is 29.3 Å². The molecule has 0 N–H and O–H groups in total. The number of alkyl halides is 3. The number of carbonyl (C=O) groups is 1. The molecule has 0 aliphatic carbocycles. The number of nitro benzene ring substituents is 1. The molecular formula is C17H11ClF3NO5. The van der Waals surface area contributed by atoms with Crippen LogP contribution in [0.2, 0.25) is 5.02 Å². The van der Waals surface area contributed by atoms with Gasteiger partial charge in [-0.2, -0.15) is 13.2 Å². The number of esters is 1. The minimum Gasteiger partial charge on any atom is -0.466 e. The minimum atomic E-state index is -4.55. The third-order valence-corrected chi connectivity index (χ3v) is 3.58. The minimum absolute atomic E-state index is 0.0333. The Morgan fingerprint density at radius 2 is 1.93 bits per heavy atom. The molecule has 0 aliphatic rings. The normalized spacial score (nSPS) is 11.4. The van der Waals surface area contributed by atoms with E-state index in [0.717, 1.165) is 37.5 Å². The van der Waals surface area contributed by atoms with Gasteiger partial charge in [-0.1, -0.05) is 11.6 Å². The zero-order chi connectivity index (χ0) is 20.2. The van der Waals surface area contributed by atoms with Gasteiger partial charge in [0.05, 0.1) is 28.2 Å². The van der Waals surface area contributed by atoms with Crippen LogP contribution in [-0.4, -0.2) is 18.0 Å².